The van der Waals surface area contributed by atoms with E-state index in [4.69, 9.17) is 11.6 Å². The Morgan fingerprint density at radius 3 is 2.33 bits per heavy atom. The van der Waals surface area contributed by atoms with Crippen LogP contribution < -0.4 is 10.0 Å². The molecule has 162 valence electrons. The van der Waals surface area contributed by atoms with Crippen LogP contribution in [-0.2, 0) is 14.8 Å². The monoisotopic (exact) mass is 452 g/mol. The van der Waals surface area contributed by atoms with E-state index in [9.17, 15) is 17.6 Å². The van der Waals surface area contributed by atoms with Crippen LogP contribution in [0.1, 0.15) is 49.8 Å². The molecular formula is C22H26ClFN2O3S. The lowest BCUT2D eigenvalue weighted by Gasteiger charge is -2.29. The van der Waals surface area contributed by atoms with Gasteiger partial charge in [0.05, 0.1) is 10.9 Å². The number of amides is 1. The Kier molecular flexibility index (Phi) is 7.16. The molecule has 0 aromatic heterocycles. The van der Waals surface area contributed by atoms with Gasteiger partial charge in [-0.25, -0.2) is 17.5 Å². The van der Waals surface area contributed by atoms with Gasteiger partial charge in [-0.3, -0.25) is 4.79 Å². The number of nitrogens with one attached hydrogen (secondary N) is 2. The Labute approximate surface area is 182 Å². The summed E-state index contributed by atoms with van der Waals surface area (Å²) >= 11 is 6.05. The molecule has 1 aliphatic carbocycles. The lowest BCUT2D eigenvalue weighted by Crippen LogP contribution is -2.41. The van der Waals surface area contributed by atoms with Crippen LogP contribution in [0.5, 0.6) is 0 Å². The molecule has 3 rings (SSSR count). The third kappa shape index (κ3) is 5.59. The third-order valence-electron chi connectivity index (χ3n) is 5.60. The van der Waals surface area contributed by atoms with E-state index >= 15 is 0 Å². The van der Waals surface area contributed by atoms with Crippen LogP contribution in [0.4, 0.5) is 4.39 Å². The van der Waals surface area contributed by atoms with E-state index in [1.165, 1.54) is 18.2 Å². The second-order valence-corrected chi connectivity index (χ2v) is 9.98. The lowest BCUT2D eigenvalue weighted by molar-refractivity contribution is -0.126. The number of carbonyl (C=O) groups excluding carboxylic acids is 1. The van der Waals surface area contributed by atoms with E-state index in [1.54, 1.807) is 24.3 Å². The maximum absolute atomic E-state index is 13.1. The van der Waals surface area contributed by atoms with Crippen LogP contribution in [0.15, 0.2) is 47.4 Å². The van der Waals surface area contributed by atoms with Crippen molar-refractivity contribution >= 4 is 27.5 Å². The van der Waals surface area contributed by atoms with Crippen LogP contribution in [0, 0.1) is 18.7 Å². The van der Waals surface area contributed by atoms with Crippen LogP contribution in [0.25, 0.3) is 0 Å². The van der Waals surface area contributed by atoms with Gasteiger partial charge < -0.3 is 5.32 Å². The number of carbonyl (C=O) groups is 1. The zero-order valence-corrected chi connectivity index (χ0v) is 18.6. The Balaban J connectivity index is 1.53. The van der Waals surface area contributed by atoms with E-state index in [0.29, 0.717) is 30.7 Å². The van der Waals surface area contributed by atoms with Crippen molar-refractivity contribution in [3.05, 3.63) is 64.4 Å². The van der Waals surface area contributed by atoms with Gasteiger partial charge >= 0.3 is 0 Å². The summed E-state index contributed by atoms with van der Waals surface area (Å²) in [5, 5.41) is 3.38. The molecule has 0 saturated heterocycles. The molecular weight excluding hydrogens is 427 g/mol. The number of benzene rings is 2. The minimum atomic E-state index is -3.66. The highest BCUT2D eigenvalue weighted by atomic mass is 35.5. The van der Waals surface area contributed by atoms with Crippen molar-refractivity contribution in [1.29, 1.82) is 0 Å². The zero-order chi connectivity index (χ0) is 21.9. The van der Waals surface area contributed by atoms with Gasteiger partial charge in [0, 0.05) is 17.0 Å². The highest BCUT2D eigenvalue weighted by Gasteiger charge is 2.29. The molecule has 0 bridgehead atoms. The number of hydrogen-bond donors (Lipinski definition) is 2. The van der Waals surface area contributed by atoms with Crippen molar-refractivity contribution in [1.82, 2.24) is 10.0 Å². The molecule has 1 atom stereocenters. The molecule has 0 aliphatic heterocycles. The molecule has 2 aromatic carbocycles. The van der Waals surface area contributed by atoms with E-state index < -0.39 is 10.0 Å². The summed E-state index contributed by atoms with van der Waals surface area (Å²) in [5.74, 6) is -0.535. The Morgan fingerprint density at radius 1 is 1.10 bits per heavy atom. The fourth-order valence-corrected chi connectivity index (χ4v) is 5.24. The summed E-state index contributed by atoms with van der Waals surface area (Å²) in [6.45, 7) is 3.67. The zero-order valence-electron chi connectivity index (χ0n) is 17.0. The second-order valence-electron chi connectivity index (χ2n) is 7.86. The highest BCUT2D eigenvalue weighted by molar-refractivity contribution is 7.89. The maximum atomic E-state index is 13.1. The predicted molar refractivity (Wildman–Crippen MR) is 115 cm³/mol. The number of sulfonamides is 1. The predicted octanol–water partition coefficient (Wildman–Crippen LogP) is 4.50. The summed E-state index contributed by atoms with van der Waals surface area (Å²) in [6, 6.07) is 10.3. The van der Waals surface area contributed by atoms with Gasteiger partial charge in [0.2, 0.25) is 15.9 Å². The van der Waals surface area contributed by atoms with E-state index in [2.05, 4.69) is 10.0 Å². The van der Waals surface area contributed by atoms with Gasteiger partial charge in [-0.15, -0.1) is 0 Å². The van der Waals surface area contributed by atoms with E-state index in [0.717, 1.165) is 11.1 Å². The molecule has 1 fully saturated rings. The number of halogens is 2. The molecule has 0 heterocycles. The number of hydrogen-bond acceptors (Lipinski definition) is 3. The van der Waals surface area contributed by atoms with E-state index in [1.807, 2.05) is 13.8 Å². The number of rotatable bonds is 6. The Hall–Kier alpha value is -1.96. The van der Waals surface area contributed by atoms with Gasteiger partial charge in [-0.1, -0.05) is 29.8 Å². The standard InChI is InChI=1S/C22H26ClFN2O3S/c1-14-3-12-20(13-21(14)23)30(28,29)26-19-10-6-17(7-11-19)22(27)25-15(2)16-4-8-18(24)9-5-16/h3-5,8-9,12-13,15,17,19,26H,6-7,10-11H2,1-2H3,(H,25,27)/t15-,17-,19-/m1/s1. The summed E-state index contributed by atoms with van der Waals surface area (Å²) in [6.07, 6.45) is 2.37. The third-order valence-corrected chi connectivity index (χ3v) is 7.53. The van der Waals surface area contributed by atoms with Gasteiger partial charge in [0.25, 0.3) is 0 Å². The largest absolute Gasteiger partial charge is 0.349 e. The Morgan fingerprint density at radius 2 is 1.73 bits per heavy atom. The second kappa shape index (κ2) is 9.45. The first-order valence-electron chi connectivity index (χ1n) is 10.00. The quantitative estimate of drug-likeness (QED) is 0.677. The molecule has 0 unspecified atom stereocenters. The summed E-state index contributed by atoms with van der Waals surface area (Å²) in [4.78, 5) is 12.7. The molecule has 1 saturated carbocycles. The van der Waals surface area contributed by atoms with E-state index in [-0.39, 0.29) is 34.6 Å². The highest BCUT2D eigenvalue weighted by Crippen LogP contribution is 2.27. The fraction of sp³-hybridized carbons (Fsp3) is 0.409. The molecule has 2 aromatic rings. The average molecular weight is 453 g/mol. The Bertz CT molecular complexity index is 1000. The molecule has 1 amide bonds. The van der Waals surface area contributed by atoms with Crippen LogP contribution >= 0.6 is 11.6 Å². The van der Waals surface area contributed by atoms with Gasteiger partial charge in [-0.2, -0.15) is 0 Å². The molecule has 8 heteroatoms. The first kappa shape index (κ1) is 22.7. The molecule has 5 nitrogen and oxygen atoms in total. The van der Waals surface area contributed by atoms with Crippen molar-refractivity contribution in [2.24, 2.45) is 5.92 Å². The minimum Gasteiger partial charge on any atom is -0.349 e. The van der Waals surface area contributed by atoms with Gasteiger partial charge in [0.1, 0.15) is 5.82 Å². The minimum absolute atomic E-state index is 0.0570. The average Bonchev–Trinajstić information content (AvgIpc) is 2.70. The topological polar surface area (TPSA) is 75.3 Å². The first-order valence-corrected chi connectivity index (χ1v) is 11.9. The molecule has 30 heavy (non-hydrogen) atoms. The molecule has 2 N–H and O–H groups in total. The molecule has 1 aliphatic rings. The summed E-state index contributed by atoms with van der Waals surface area (Å²) < 4.78 is 41.1. The molecule has 0 radical (unpaired) electrons. The van der Waals surface area contributed by atoms with Crippen molar-refractivity contribution in [2.45, 2.75) is 56.5 Å². The van der Waals surface area contributed by atoms with Crippen molar-refractivity contribution in [2.75, 3.05) is 0 Å². The fourth-order valence-electron chi connectivity index (χ4n) is 3.67. The molecule has 0 spiro atoms. The number of aryl methyl sites for hydroxylation is 1. The van der Waals surface area contributed by atoms with Gasteiger partial charge in [0.15, 0.2) is 0 Å². The SMILES string of the molecule is Cc1ccc(S(=O)(=O)N[C@H]2CC[C@H](C(=O)N[C@H](C)c3ccc(F)cc3)CC2)cc1Cl. The maximum Gasteiger partial charge on any atom is 0.240 e. The van der Waals surface area contributed by atoms with Crippen LogP contribution in [0.2, 0.25) is 5.02 Å². The van der Waals surface area contributed by atoms with Crippen LogP contribution in [0.3, 0.4) is 0 Å². The van der Waals surface area contributed by atoms with Crippen molar-refractivity contribution in [3.63, 3.8) is 0 Å². The smallest absolute Gasteiger partial charge is 0.240 e. The summed E-state index contributed by atoms with van der Waals surface area (Å²) in [7, 11) is -3.66. The van der Waals surface area contributed by atoms with Gasteiger partial charge in [-0.05, 0) is 74.9 Å². The van der Waals surface area contributed by atoms with Crippen molar-refractivity contribution < 1.29 is 17.6 Å². The van der Waals surface area contributed by atoms with Crippen molar-refractivity contribution in [3.8, 4) is 0 Å². The first-order chi connectivity index (χ1) is 14.2. The lowest BCUT2D eigenvalue weighted by atomic mass is 9.85. The summed E-state index contributed by atoms with van der Waals surface area (Å²) in [5.41, 5.74) is 1.65. The normalized spacial score (nSPS) is 20.5. The van der Waals surface area contributed by atoms with Crippen LogP contribution in [-0.4, -0.2) is 20.4 Å².